The first-order valence-electron chi connectivity index (χ1n) is 14.8. The van der Waals surface area contributed by atoms with E-state index in [1.54, 1.807) is 26.8 Å². The van der Waals surface area contributed by atoms with Gasteiger partial charge in [-0.05, 0) is 79.7 Å². The van der Waals surface area contributed by atoms with Gasteiger partial charge in [0.25, 0.3) is 0 Å². The molecule has 0 heterocycles. The minimum atomic E-state index is -0.711. The van der Waals surface area contributed by atoms with Crippen molar-refractivity contribution in [2.24, 2.45) is 0 Å². The zero-order valence-corrected chi connectivity index (χ0v) is 26.5. The van der Waals surface area contributed by atoms with Crippen molar-refractivity contribution in [3.63, 3.8) is 0 Å². The van der Waals surface area contributed by atoms with Crippen LogP contribution in [0.15, 0.2) is 11.6 Å². The Morgan fingerprint density at radius 2 is 1.46 bits per heavy atom. The smallest absolute Gasteiger partial charge is 0.407 e. The molecule has 0 aromatic rings. The largest absolute Gasteiger partial charge is 0.462 e. The molecule has 1 rings (SSSR count). The number of ether oxygens (including phenoxy) is 4. The molecule has 11 nitrogen and oxygen atoms in total. The van der Waals surface area contributed by atoms with Gasteiger partial charge < -0.3 is 34.9 Å². The van der Waals surface area contributed by atoms with Crippen LogP contribution in [0.25, 0.3) is 0 Å². The second-order valence-corrected chi connectivity index (χ2v) is 12.4. The molecule has 0 aromatic carbocycles. The van der Waals surface area contributed by atoms with Gasteiger partial charge in [-0.1, -0.05) is 20.3 Å². The number of esters is 1. The van der Waals surface area contributed by atoms with Gasteiger partial charge >= 0.3 is 18.2 Å². The van der Waals surface area contributed by atoms with E-state index in [-0.39, 0.29) is 25.0 Å². The van der Waals surface area contributed by atoms with Crippen molar-refractivity contribution in [1.29, 1.82) is 0 Å². The van der Waals surface area contributed by atoms with Gasteiger partial charge in [0.05, 0.1) is 30.9 Å². The summed E-state index contributed by atoms with van der Waals surface area (Å²) in [6, 6.07) is -1.23. The lowest BCUT2D eigenvalue weighted by Crippen LogP contribution is -2.60. The second kappa shape index (κ2) is 17.2. The number of carbonyl (C=O) groups is 4. The third kappa shape index (κ3) is 15.7. The van der Waals surface area contributed by atoms with Gasteiger partial charge in [0.1, 0.15) is 11.2 Å². The zero-order valence-electron chi connectivity index (χ0n) is 26.5. The summed E-state index contributed by atoms with van der Waals surface area (Å²) in [7, 11) is 0. The first-order chi connectivity index (χ1) is 19.0. The Morgan fingerprint density at radius 1 is 0.878 bits per heavy atom. The number of unbranched alkanes of at least 4 members (excludes halogenated alkanes) is 3. The molecule has 236 valence electrons. The third-order valence-corrected chi connectivity index (χ3v) is 6.16. The van der Waals surface area contributed by atoms with E-state index < -0.39 is 47.5 Å². The molecule has 0 saturated carbocycles. The van der Waals surface area contributed by atoms with Crippen LogP contribution in [0.1, 0.15) is 107 Å². The van der Waals surface area contributed by atoms with Crippen LogP contribution in [0.2, 0.25) is 0 Å². The van der Waals surface area contributed by atoms with Gasteiger partial charge in [-0.2, -0.15) is 0 Å². The molecule has 0 radical (unpaired) electrons. The van der Waals surface area contributed by atoms with Crippen molar-refractivity contribution in [2.75, 3.05) is 13.2 Å². The Labute approximate surface area is 245 Å². The highest BCUT2D eigenvalue weighted by Gasteiger charge is 2.39. The number of alkyl carbamates (subject to hydrolysis) is 2. The van der Waals surface area contributed by atoms with E-state index in [2.05, 4.69) is 16.0 Å². The monoisotopic (exact) mass is 583 g/mol. The van der Waals surface area contributed by atoms with Crippen LogP contribution in [0.5, 0.6) is 0 Å². The average Bonchev–Trinajstić information content (AvgIpc) is 2.82. The molecular formula is C30H53N3O8. The van der Waals surface area contributed by atoms with E-state index in [9.17, 15) is 19.2 Å². The fraction of sp³-hybridized carbons (Fsp3) is 0.800. The Bertz CT molecular complexity index is 887. The predicted molar refractivity (Wildman–Crippen MR) is 156 cm³/mol. The Morgan fingerprint density at radius 3 is 2.02 bits per heavy atom. The number of hydrogen-bond acceptors (Lipinski definition) is 8. The number of nitrogens with one attached hydrogen (secondary N) is 3. The Kier molecular flexibility index (Phi) is 15.2. The molecule has 0 saturated heterocycles. The summed E-state index contributed by atoms with van der Waals surface area (Å²) in [6.45, 7) is 16.9. The molecule has 3 N–H and O–H groups in total. The number of amides is 3. The highest BCUT2D eigenvalue weighted by Crippen LogP contribution is 2.26. The topological polar surface area (TPSA) is 141 Å². The molecule has 3 atom stereocenters. The molecule has 0 bridgehead atoms. The summed E-state index contributed by atoms with van der Waals surface area (Å²) in [4.78, 5) is 49.4. The van der Waals surface area contributed by atoms with Crippen LogP contribution in [0.4, 0.5) is 9.59 Å². The molecule has 1 unspecified atom stereocenters. The van der Waals surface area contributed by atoms with E-state index in [0.717, 1.165) is 32.1 Å². The Balaban J connectivity index is 2.78. The first kappa shape index (κ1) is 36.2. The van der Waals surface area contributed by atoms with Gasteiger partial charge in [-0.25, -0.2) is 14.4 Å². The van der Waals surface area contributed by atoms with Crippen molar-refractivity contribution < 1.29 is 38.1 Å². The number of hydrogen-bond donors (Lipinski definition) is 3. The molecule has 11 heteroatoms. The highest BCUT2D eigenvalue weighted by atomic mass is 16.6. The van der Waals surface area contributed by atoms with Crippen molar-refractivity contribution in [3.05, 3.63) is 11.6 Å². The van der Waals surface area contributed by atoms with E-state index in [4.69, 9.17) is 18.9 Å². The van der Waals surface area contributed by atoms with Gasteiger partial charge in [0.2, 0.25) is 5.91 Å². The summed E-state index contributed by atoms with van der Waals surface area (Å²) in [5, 5.41) is 8.45. The maximum absolute atomic E-state index is 13.0. The van der Waals surface area contributed by atoms with Crippen LogP contribution in [-0.4, -0.2) is 72.7 Å². The second-order valence-electron chi connectivity index (χ2n) is 12.4. The van der Waals surface area contributed by atoms with Gasteiger partial charge in [-0.3, -0.25) is 4.79 Å². The van der Waals surface area contributed by atoms with Crippen LogP contribution < -0.4 is 16.0 Å². The molecule has 41 heavy (non-hydrogen) atoms. The maximum Gasteiger partial charge on any atom is 0.407 e. The highest BCUT2D eigenvalue weighted by molar-refractivity contribution is 5.89. The van der Waals surface area contributed by atoms with Gasteiger partial charge in [0, 0.05) is 25.5 Å². The molecule has 1 aliphatic rings. The number of carbonyl (C=O) groups excluding carboxylic acids is 4. The summed E-state index contributed by atoms with van der Waals surface area (Å²) < 4.78 is 22.5. The van der Waals surface area contributed by atoms with Crippen LogP contribution in [-0.2, 0) is 28.5 Å². The zero-order chi connectivity index (χ0) is 31.2. The molecule has 1 aliphatic carbocycles. The van der Waals surface area contributed by atoms with Crippen LogP contribution >= 0.6 is 0 Å². The van der Waals surface area contributed by atoms with Crippen molar-refractivity contribution >= 4 is 24.1 Å². The lowest BCUT2D eigenvalue weighted by atomic mass is 9.87. The molecule has 0 aromatic heterocycles. The number of rotatable bonds is 14. The van der Waals surface area contributed by atoms with E-state index >= 15 is 0 Å². The lowest BCUT2D eigenvalue weighted by Gasteiger charge is -2.38. The van der Waals surface area contributed by atoms with Crippen LogP contribution in [0.3, 0.4) is 0 Å². The summed E-state index contributed by atoms with van der Waals surface area (Å²) in [5.41, 5.74) is -0.861. The van der Waals surface area contributed by atoms with Crippen molar-refractivity contribution in [2.45, 2.75) is 143 Å². The fourth-order valence-electron chi connectivity index (χ4n) is 4.30. The maximum atomic E-state index is 13.0. The predicted octanol–water partition coefficient (Wildman–Crippen LogP) is 4.92. The van der Waals surface area contributed by atoms with Crippen molar-refractivity contribution in [3.8, 4) is 0 Å². The van der Waals surface area contributed by atoms with Crippen molar-refractivity contribution in [1.82, 2.24) is 16.0 Å². The van der Waals surface area contributed by atoms with E-state index in [1.165, 1.54) is 6.92 Å². The first-order valence-corrected chi connectivity index (χ1v) is 14.8. The third-order valence-electron chi connectivity index (χ3n) is 6.16. The lowest BCUT2D eigenvalue weighted by molar-refractivity contribution is -0.139. The molecule has 3 amide bonds. The summed E-state index contributed by atoms with van der Waals surface area (Å²) in [6.07, 6.45) is 4.72. The van der Waals surface area contributed by atoms with E-state index in [1.807, 2.05) is 34.6 Å². The molecular weight excluding hydrogens is 530 g/mol. The normalized spacial score (nSPS) is 19.2. The van der Waals surface area contributed by atoms with Gasteiger partial charge in [0.15, 0.2) is 0 Å². The average molecular weight is 584 g/mol. The Hall–Kier alpha value is -2.82. The SMILES string of the molecule is CCC(CC)O[C@@H]1C=C(C(=O)OCCCCCCNC(=O)OC(C)(C)C)C[C@H](NC(=O)OC(C)(C)C)C1NC(C)=O. The fourth-order valence-corrected chi connectivity index (χ4v) is 4.30. The molecule has 0 spiro atoms. The standard InChI is InChI=1S/C30H53N3O8/c1-10-22(11-2)39-24-19-21(18-23(25(24)32-20(3)34)33-28(37)41-30(7,8)9)26(35)38-17-15-13-12-14-16-31-27(36)40-29(4,5)6/h19,22-25H,10-18H2,1-9H3,(H,31,36)(H,32,34)(H,33,37)/t23-,24+,25?/m0/s1. The quantitative estimate of drug-likeness (QED) is 0.149. The molecule has 0 aliphatic heterocycles. The van der Waals surface area contributed by atoms with Gasteiger partial charge in [-0.15, -0.1) is 0 Å². The molecule has 0 fully saturated rings. The summed E-state index contributed by atoms with van der Waals surface area (Å²) >= 11 is 0. The minimum absolute atomic E-state index is 0.0881. The van der Waals surface area contributed by atoms with E-state index in [0.29, 0.717) is 18.5 Å². The van der Waals surface area contributed by atoms with Crippen LogP contribution in [0, 0.1) is 0 Å². The summed E-state index contributed by atoms with van der Waals surface area (Å²) in [5.74, 6) is -0.753. The minimum Gasteiger partial charge on any atom is -0.462 e.